The maximum atomic E-state index is 12.8. The van der Waals surface area contributed by atoms with Crippen molar-refractivity contribution in [3.8, 4) is 0 Å². The fourth-order valence-electron chi connectivity index (χ4n) is 2.09. The Morgan fingerprint density at radius 1 is 1.40 bits per heavy atom. The average Bonchev–Trinajstić information content (AvgIpc) is 3.01. The molecule has 0 atom stereocenters. The van der Waals surface area contributed by atoms with Gasteiger partial charge in [-0.1, -0.05) is 0 Å². The van der Waals surface area contributed by atoms with Gasteiger partial charge in [-0.05, 0) is 20.4 Å². The molecular weight excluding hydrogens is 445 g/mol. The summed E-state index contributed by atoms with van der Waals surface area (Å²) >= 11 is 0. The number of aromatic nitrogens is 2. The van der Waals surface area contributed by atoms with E-state index in [-0.39, 0.29) is 36.3 Å². The van der Waals surface area contributed by atoms with Crippen LogP contribution in [0.1, 0.15) is 25.7 Å². The zero-order valence-corrected chi connectivity index (χ0v) is 17.4. The van der Waals surface area contributed by atoms with E-state index in [1.54, 1.807) is 7.11 Å². The molecule has 0 radical (unpaired) electrons. The summed E-state index contributed by atoms with van der Waals surface area (Å²) in [5.41, 5.74) is 0. The van der Waals surface area contributed by atoms with Crippen LogP contribution in [0.25, 0.3) is 0 Å². The Bertz CT molecular complexity index is 486. The van der Waals surface area contributed by atoms with Crippen molar-refractivity contribution < 1.29 is 13.5 Å². The zero-order chi connectivity index (χ0) is 17.8. The van der Waals surface area contributed by atoms with E-state index >= 15 is 0 Å². The average molecular weight is 474 g/mol. The normalized spacial score (nSPS) is 11.7. The second-order valence-electron chi connectivity index (χ2n) is 5.30. The summed E-state index contributed by atoms with van der Waals surface area (Å²) in [6, 6.07) is 0. The standard InChI is InChI=1S/C15H28F2N6O.HI/c1-4-18-15(20-6-9-22(2)8-5-11-24-3)21-12-13-19-7-10-23(13)14(16)17;/h7,10,14H,4-6,8-9,11-12H2,1-3H3,(H2,18,20,21);1H. The maximum absolute atomic E-state index is 12.8. The Kier molecular flexibility index (Phi) is 13.6. The summed E-state index contributed by atoms with van der Waals surface area (Å²) in [4.78, 5) is 10.4. The number of hydrogen-bond donors (Lipinski definition) is 2. The van der Waals surface area contributed by atoms with Gasteiger partial charge in [0.2, 0.25) is 0 Å². The molecule has 1 aromatic rings. The van der Waals surface area contributed by atoms with Crippen LogP contribution in [0.2, 0.25) is 0 Å². The number of likely N-dealkylation sites (N-methyl/N-ethyl adjacent to an activating group) is 1. The van der Waals surface area contributed by atoms with Gasteiger partial charge < -0.3 is 20.3 Å². The van der Waals surface area contributed by atoms with E-state index in [0.717, 1.165) is 30.7 Å². The van der Waals surface area contributed by atoms with E-state index in [2.05, 4.69) is 25.5 Å². The summed E-state index contributed by atoms with van der Waals surface area (Å²) < 4.78 is 31.4. The van der Waals surface area contributed by atoms with Gasteiger partial charge in [0.25, 0.3) is 0 Å². The molecule has 10 heteroatoms. The first kappa shape index (κ1) is 24.0. The highest BCUT2D eigenvalue weighted by Gasteiger charge is 2.10. The van der Waals surface area contributed by atoms with Crippen LogP contribution in [0, 0.1) is 0 Å². The fourth-order valence-corrected chi connectivity index (χ4v) is 2.09. The summed E-state index contributed by atoms with van der Waals surface area (Å²) in [7, 11) is 3.74. The molecule has 0 fully saturated rings. The molecular formula is C15H29F2IN6O. The Morgan fingerprint density at radius 2 is 2.16 bits per heavy atom. The van der Waals surface area contributed by atoms with Crippen molar-refractivity contribution in [1.29, 1.82) is 0 Å². The van der Waals surface area contributed by atoms with Crippen LogP contribution in [0.5, 0.6) is 0 Å². The van der Waals surface area contributed by atoms with Crippen molar-refractivity contribution in [2.75, 3.05) is 46.9 Å². The second-order valence-corrected chi connectivity index (χ2v) is 5.30. The minimum absolute atomic E-state index is 0. The van der Waals surface area contributed by atoms with Crippen molar-refractivity contribution in [1.82, 2.24) is 25.1 Å². The third-order valence-corrected chi connectivity index (χ3v) is 3.36. The van der Waals surface area contributed by atoms with Gasteiger partial charge in [0.15, 0.2) is 5.96 Å². The van der Waals surface area contributed by atoms with Crippen molar-refractivity contribution in [2.24, 2.45) is 4.99 Å². The molecule has 1 aromatic heterocycles. The first-order valence-corrected chi connectivity index (χ1v) is 8.08. The van der Waals surface area contributed by atoms with E-state index in [9.17, 15) is 8.78 Å². The van der Waals surface area contributed by atoms with Crippen molar-refractivity contribution in [3.05, 3.63) is 18.2 Å². The molecule has 0 saturated heterocycles. The summed E-state index contributed by atoms with van der Waals surface area (Å²) in [5.74, 6) is 0.825. The van der Waals surface area contributed by atoms with Crippen molar-refractivity contribution >= 4 is 29.9 Å². The number of halogens is 3. The molecule has 0 aliphatic rings. The van der Waals surface area contributed by atoms with Crippen LogP contribution in [0.15, 0.2) is 17.4 Å². The van der Waals surface area contributed by atoms with Crippen molar-refractivity contribution in [2.45, 2.75) is 26.4 Å². The van der Waals surface area contributed by atoms with Crippen LogP contribution in [-0.4, -0.2) is 67.4 Å². The molecule has 0 aliphatic carbocycles. The van der Waals surface area contributed by atoms with Crippen LogP contribution in [-0.2, 0) is 11.3 Å². The Labute approximate surface area is 165 Å². The molecule has 0 aromatic carbocycles. The number of alkyl halides is 2. The largest absolute Gasteiger partial charge is 0.385 e. The number of ether oxygens (including phenoxy) is 1. The van der Waals surface area contributed by atoms with Gasteiger partial charge in [0.1, 0.15) is 12.4 Å². The Balaban J connectivity index is 0.00000576. The van der Waals surface area contributed by atoms with E-state index in [4.69, 9.17) is 4.74 Å². The van der Waals surface area contributed by atoms with Gasteiger partial charge in [-0.3, -0.25) is 4.57 Å². The molecule has 1 heterocycles. The van der Waals surface area contributed by atoms with Gasteiger partial charge in [-0.2, -0.15) is 8.78 Å². The number of rotatable bonds is 11. The van der Waals surface area contributed by atoms with Crippen molar-refractivity contribution in [3.63, 3.8) is 0 Å². The van der Waals surface area contributed by atoms with Gasteiger partial charge in [0.05, 0.1) is 0 Å². The number of methoxy groups -OCH3 is 1. The Hall–Kier alpha value is -1.01. The van der Waals surface area contributed by atoms with Gasteiger partial charge >= 0.3 is 6.55 Å². The smallest absolute Gasteiger partial charge is 0.319 e. The molecule has 7 nitrogen and oxygen atoms in total. The third-order valence-electron chi connectivity index (χ3n) is 3.36. The number of hydrogen-bond acceptors (Lipinski definition) is 4. The molecule has 0 bridgehead atoms. The number of aliphatic imine (C=N–C) groups is 1. The molecule has 0 amide bonds. The predicted molar refractivity (Wildman–Crippen MR) is 106 cm³/mol. The quantitative estimate of drug-likeness (QED) is 0.222. The SMILES string of the molecule is CCNC(=NCc1nccn1C(F)F)NCCN(C)CCCOC.I. The lowest BCUT2D eigenvalue weighted by molar-refractivity contribution is 0.0671. The molecule has 146 valence electrons. The Morgan fingerprint density at radius 3 is 2.80 bits per heavy atom. The summed E-state index contributed by atoms with van der Waals surface area (Å²) in [5, 5.41) is 6.29. The van der Waals surface area contributed by atoms with Gasteiger partial charge in [-0.25, -0.2) is 9.98 Å². The second kappa shape index (κ2) is 14.2. The molecule has 1 rings (SSSR count). The lowest BCUT2D eigenvalue weighted by atomic mass is 10.4. The number of guanidine groups is 1. The first-order valence-electron chi connectivity index (χ1n) is 8.08. The van der Waals surface area contributed by atoms with Gasteiger partial charge in [-0.15, -0.1) is 24.0 Å². The third kappa shape index (κ3) is 9.90. The molecule has 2 N–H and O–H groups in total. The highest BCUT2D eigenvalue weighted by Crippen LogP contribution is 2.12. The molecule has 0 spiro atoms. The highest BCUT2D eigenvalue weighted by molar-refractivity contribution is 14.0. The van der Waals surface area contributed by atoms with Gasteiger partial charge in [0, 0.05) is 52.3 Å². The highest BCUT2D eigenvalue weighted by atomic mass is 127. The number of nitrogens with zero attached hydrogens (tertiary/aromatic N) is 4. The molecule has 0 aliphatic heterocycles. The van der Waals surface area contributed by atoms with E-state index in [1.165, 1.54) is 12.4 Å². The number of imidazole rings is 1. The maximum Gasteiger partial charge on any atom is 0.319 e. The van der Waals surface area contributed by atoms with Crippen LogP contribution >= 0.6 is 24.0 Å². The van der Waals surface area contributed by atoms with E-state index < -0.39 is 6.55 Å². The minimum Gasteiger partial charge on any atom is -0.385 e. The number of nitrogens with one attached hydrogen (secondary N) is 2. The fraction of sp³-hybridized carbons (Fsp3) is 0.733. The van der Waals surface area contributed by atoms with Crippen LogP contribution in [0.4, 0.5) is 8.78 Å². The van der Waals surface area contributed by atoms with E-state index in [1.807, 2.05) is 14.0 Å². The summed E-state index contributed by atoms with van der Waals surface area (Å²) in [6.45, 7) is 3.39. The molecule has 0 unspecified atom stereocenters. The topological polar surface area (TPSA) is 66.7 Å². The monoisotopic (exact) mass is 474 g/mol. The summed E-state index contributed by atoms with van der Waals surface area (Å²) in [6.07, 6.45) is 3.59. The zero-order valence-electron chi connectivity index (χ0n) is 15.0. The van der Waals surface area contributed by atoms with Crippen LogP contribution < -0.4 is 10.6 Å². The molecule has 0 saturated carbocycles. The predicted octanol–water partition coefficient (Wildman–Crippen LogP) is 1.92. The lowest BCUT2D eigenvalue weighted by Gasteiger charge is -2.18. The van der Waals surface area contributed by atoms with Crippen LogP contribution in [0.3, 0.4) is 0 Å². The first-order chi connectivity index (χ1) is 11.6. The lowest BCUT2D eigenvalue weighted by Crippen LogP contribution is -2.41. The molecule has 25 heavy (non-hydrogen) atoms. The van der Waals surface area contributed by atoms with E-state index in [0.29, 0.717) is 19.0 Å². The minimum atomic E-state index is -2.60.